The lowest BCUT2D eigenvalue weighted by Crippen LogP contribution is -2.50. The molecule has 1 unspecified atom stereocenters. The molecule has 21 heavy (non-hydrogen) atoms. The second kappa shape index (κ2) is 6.91. The molecule has 0 radical (unpaired) electrons. The summed E-state index contributed by atoms with van der Waals surface area (Å²) in [6.07, 6.45) is 3.73. The fraction of sp³-hybridized carbons (Fsp3) is 0.562. The van der Waals surface area contributed by atoms with Crippen molar-refractivity contribution in [3.05, 3.63) is 29.8 Å². The summed E-state index contributed by atoms with van der Waals surface area (Å²) < 4.78 is 5.28. The van der Waals surface area contributed by atoms with Crippen molar-refractivity contribution in [2.45, 2.75) is 44.2 Å². The van der Waals surface area contributed by atoms with Gasteiger partial charge < -0.3 is 20.5 Å². The van der Waals surface area contributed by atoms with Crippen LogP contribution in [-0.4, -0.2) is 30.4 Å². The van der Waals surface area contributed by atoms with Crippen LogP contribution in [0.25, 0.3) is 0 Å². The zero-order valence-corrected chi connectivity index (χ0v) is 12.7. The number of carbonyl (C=O) groups is 1. The summed E-state index contributed by atoms with van der Waals surface area (Å²) in [7, 11) is 1.66. The van der Waals surface area contributed by atoms with E-state index in [0.717, 1.165) is 36.9 Å². The van der Waals surface area contributed by atoms with Gasteiger partial charge in [-0.1, -0.05) is 25.0 Å². The molecule has 116 valence electrons. The van der Waals surface area contributed by atoms with Gasteiger partial charge in [0.15, 0.2) is 0 Å². The first-order valence-electron chi connectivity index (χ1n) is 7.41. The topological polar surface area (TPSA) is 70.6 Å². The van der Waals surface area contributed by atoms with E-state index in [9.17, 15) is 9.90 Å². The van der Waals surface area contributed by atoms with Crippen molar-refractivity contribution in [1.82, 2.24) is 5.32 Å². The molecule has 0 bridgehead atoms. The standard InChI is InChI=1S/C16H24N2O3/c1-12(21-2)13-6-5-7-14(10-13)17-15(20)18-16(11-19)8-3-4-9-16/h5-7,10,12,19H,3-4,8-9,11H2,1-2H3,(H2,17,18,20). The van der Waals surface area contributed by atoms with E-state index in [-0.39, 0.29) is 18.7 Å². The summed E-state index contributed by atoms with van der Waals surface area (Å²) >= 11 is 0. The van der Waals surface area contributed by atoms with Gasteiger partial charge >= 0.3 is 6.03 Å². The Bertz CT molecular complexity index is 484. The van der Waals surface area contributed by atoms with Crippen LogP contribution in [0.4, 0.5) is 10.5 Å². The molecule has 2 amide bonds. The van der Waals surface area contributed by atoms with Gasteiger partial charge in [0.05, 0.1) is 18.2 Å². The quantitative estimate of drug-likeness (QED) is 0.781. The Morgan fingerprint density at radius 1 is 1.43 bits per heavy atom. The van der Waals surface area contributed by atoms with Crippen molar-refractivity contribution in [3.8, 4) is 0 Å². The van der Waals surface area contributed by atoms with E-state index in [1.54, 1.807) is 7.11 Å². The number of hydrogen-bond acceptors (Lipinski definition) is 3. The zero-order chi connectivity index (χ0) is 15.3. The largest absolute Gasteiger partial charge is 0.394 e. The van der Waals surface area contributed by atoms with Crippen LogP contribution in [0.3, 0.4) is 0 Å². The molecular weight excluding hydrogens is 268 g/mol. The van der Waals surface area contributed by atoms with E-state index in [1.807, 2.05) is 31.2 Å². The molecule has 0 spiro atoms. The van der Waals surface area contributed by atoms with Crippen LogP contribution in [0.1, 0.15) is 44.3 Å². The van der Waals surface area contributed by atoms with Crippen LogP contribution in [-0.2, 0) is 4.74 Å². The fourth-order valence-corrected chi connectivity index (χ4v) is 2.78. The Kier molecular flexibility index (Phi) is 5.20. The highest BCUT2D eigenvalue weighted by Gasteiger charge is 2.34. The molecule has 1 atom stereocenters. The molecule has 0 saturated heterocycles. The number of benzene rings is 1. The predicted octanol–water partition coefficient (Wildman–Crippen LogP) is 2.82. The Hall–Kier alpha value is -1.59. The van der Waals surface area contributed by atoms with Crippen LogP contribution in [0.15, 0.2) is 24.3 Å². The summed E-state index contributed by atoms with van der Waals surface area (Å²) in [6.45, 7) is 1.94. The van der Waals surface area contributed by atoms with Crippen molar-refractivity contribution >= 4 is 11.7 Å². The highest BCUT2D eigenvalue weighted by Crippen LogP contribution is 2.29. The summed E-state index contributed by atoms with van der Waals surface area (Å²) in [4.78, 5) is 12.1. The summed E-state index contributed by atoms with van der Waals surface area (Å²) in [5.41, 5.74) is 1.27. The van der Waals surface area contributed by atoms with Crippen molar-refractivity contribution in [2.75, 3.05) is 19.0 Å². The molecule has 5 heteroatoms. The second-order valence-electron chi connectivity index (χ2n) is 5.73. The smallest absolute Gasteiger partial charge is 0.319 e. The third-order valence-corrected chi connectivity index (χ3v) is 4.21. The number of carbonyl (C=O) groups excluding carboxylic acids is 1. The molecular formula is C16H24N2O3. The maximum Gasteiger partial charge on any atom is 0.319 e. The Labute approximate surface area is 125 Å². The van der Waals surface area contributed by atoms with Gasteiger partial charge in [-0.15, -0.1) is 0 Å². The van der Waals surface area contributed by atoms with Gasteiger partial charge in [0, 0.05) is 12.8 Å². The zero-order valence-electron chi connectivity index (χ0n) is 12.7. The molecule has 0 aromatic heterocycles. The summed E-state index contributed by atoms with van der Waals surface area (Å²) in [6, 6.07) is 7.31. The van der Waals surface area contributed by atoms with Gasteiger partial charge in [-0.25, -0.2) is 4.79 Å². The van der Waals surface area contributed by atoms with E-state index < -0.39 is 5.54 Å². The van der Waals surface area contributed by atoms with Gasteiger partial charge in [-0.3, -0.25) is 0 Å². The number of aliphatic hydroxyl groups excluding tert-OH is 1. The van der Waals surface area contributed by atoms with Crippen molar-refractivity contribution in [1.29, 1.82) is 0 Å². The number of urea groups is 1. The SMILES string of the molecule is COC(C)c1cccc(NC(=O)NC2(CO)CCCC2)c1. The predicted molar refractivity (Wildman–Crippen MR) is 82.3 cm³/mol. The van der Waals surface area contributed by atoms with Crippen molar-refractivity contribution in [2.24, 2.45) is 0 Å². The van der Waals surface area contributed by atoms with Crippen LogP contribution >= 0.6 is 0 Å². The summed E-state index contributed by atoms with van der Waals surface area (Å²) in [5, 5.41) is 15.3. The number of rotatable bonds is 5. The number of ether oxygens (including phenoxy) is 1. The highest BCUT2D eigenvalue weighted by molar-refractivity contribution is 5.89. The second-order valence-corrected chi connectivity index (χ2v) is 5.73. The molecule has 1 aromatic carbocycles. The fourth-order valence-electron chi connectivity index (χ4n) is 2.78. The van der Waals surface area contributed by atoms with E-state index in [4.69, 9.17) is 4.74 Å². The molecule has 1 aromatic rings. The molecule has 5 nitrogen and oxygen atoms in total. The maximum absolute atomic E-state index is 12.1. The van der Waals surface area contributed by atoms with Crippen molar-refractivity contribution < 1.29 is 14.6 Å². The lowest BCUT2D eigenvalue weighted by Gasteiger charge is -2.28. The van der Waals surface area contributed by atoms with E-state index in [1.165, 1.54) is 0 Å². The van der Waals surface area contributed by atoms with Gasteiger partial charge in [-0.05, 0) is 37.5 Å². The van der Waals surface area contributed by atoms with E-state index >= 15 is 0 Å². The molecule has 1 fully saturated rings. The first kappa shape index (κ1) is 15.8. The number of methoxy groups -OCH3 is 1. The molecule has 2 rings (SSSR count). The lowest BCUT2D eigenvalue weighted by atomic mass is 9.99. The van der Waals surface area contributed by atoms with Gasteiger partial charge in [-0.2, -0.15) is 0 Å². The molecule has 3 N–H and O–H groups in total. The average Bonchev–Trinajstić information content (AvgIpc) is 2.95. The minimum Gasteiger partial charge on any atom is -0.394 e. The Balaban J connectivity index is 1.99. The third-order valence-electron chi connectivity index (χ3n) is 4.21. The first-order valence-corrected chi connectivity index (χ1v) is 7.41. The minimum atomic E-state index is -0.457. The number of amides is 2. The van der Waals surface area contributed by atoms with Gasteiger partial charge in [0.25, 0.3) is 0 Å². The molecule has 0 heterocycles. The highest BCUT2D eigenvalue weighted by atomic mass is 16.5. The monoisotopic (exact) mass is 292 g/mol. The molecule has 1 aliphatic rings. The van der Waals surface area contributed by atoms with Crippen LogP contribution in [0.2, 0.25) is 0 Å². The van der Waals surface area contributed by atoms with Crippen LogP contribution in [0, 0.1) is 0 Å². The minimum absolute atomic E-state index is 0.0127. The van der Waals surface area contributed by atoms with Crippen molar-refractivity contribution in [3.63, 3.8) is 0 Å². The van der Waals surface area contributed by atoms with Gasteiger partial charge in [0.1, 0.15) is 0 Å². The number of aliphatic hydroxyl groups is 1. The Morgan fingerprint density at radius 2 is 2.14 bits per heavy atom. The Morgan fingerprint density at radius 3 is 2.76 bits per heavy atom. The average molecular weight is 292 g/mol. The van der Waals surface area contributed by atoms with Crippen LogP contribution < -0.4 is 10.6 Å². The number of nitrogens with one attached hydrogen (secondary N) is 2. The number of anilines is 1. The third kappa shape index (κ3) is 3.95. The molecule has 0 aliphatic heterocycles. The summed E-state index contributed by atoms with van der Waals surface area (Å²) in [5.74, 6) is 0. The van der Waals surface area contributed by atoms with Gasteiger partial charge in [0.2, 0.25) is 0 Å². The normalized spacial score (nSPS) is 18.2. The lowest BCUT2D eigenvalue weighted by molar-refractivity contribution is 0.119. The maximum atomic E-state index is 12.1. The van der Waals surface area contributed by atoms with Crippen LogP contribution in [0.5, 0.6) is 0 Å². The molecule has 1 saturated carbocycles. The first-order chi connectivity index (χ1) is 10.1. The number of hydrogen-bond donors (Lipinski definition) is 3. The molecule has 1 aliphatic carbocycles. The van der Waals surface area contributed by atoms with E-state index in [0.29, 0.717) is 0 Å². The van der Waals surface area contributed by atoms with E-state index in [2.05, 4.69) is 10.6 Å².